The van der Waals surface area contributed by atoms with Crippen LogP contribution in [-0.2, 0) is 19.9 Å². The van der Waals surface area contributed by atoms with Crippen LogP contribution in [0.2, 0.25) is 0 Å². The topological polar surface area (TPSA) is 47.8 Å². The summed E-state index contributed by atoms with van der Waals surface area (Å²) in [4.78, 5) is 14.6. The van der Waals surface area contributed by atoms with E-state index in [1.807, 2.05) is 7.05 Å². The van der Waals surface area contributed by atoms with E-state index in [9.17, 15) is 4.79 Å². The Morgan fingerprint density at radius 2 is 2.45 bits per heavy atom. The van der Waals surface area contributed by atoms with Crippen molar-refractivity contribution in [1.29, 1.82) is 0 Å². The van der Waals surface area contributed by atoms with Gasteiger partial charge in [-0.25, -0.2) is 0 Å². The molecule has 2 heterocycles. The van der Waals surface area contributed by atoms with Gasteiger partial charge in [0.25, 0.3) is 0 Å². The molecule has 4 nitrogen and oxygen atoms in total. The zero-order chi connectivity index (χ0) is 14.1. The number of hydrogen-bond acceptors (Lipinski definition) is 5. The Morgan fingerprint density at radius 3 is 3.15 bits per heavy atom. The summed E-state index contributed by atoms with van der Waals surface area (Å²) < 4.78 is 1.77. The zero-order valence-electron chi connectivity index (χ0n) is 11.6. The van der Waals surface area contributed by atoms with Crippen molar-refractivity contribution in [3.8, 4) is 0 Å². The van der Waals surface area contributed by atoms with Gasteiger partial charge in [0.15, 0.2) is 5.16 Å². The third-order valence-electron chi connectivity index (χ3n) is 3.82. The molecule has 0 saturated carbocycles. The highest BCUT2D eigenvalue weighted by Gasteiger charge is 2.23. The summed E-state index contributed by atoms with van der Waals surface area (Å²) in [6.07, 6.45) is 6.35. The summed E-state index contributed by atoms with van der Waals surface area (Å²) >= 11 is 2.82. The van der Waals surface area contributed by atoms with Gasteiger partial charge in [-0.2, -0.15) is 0 Å². The van der Waals surface area contributed by atoms with Gasteiger partial charge in [-0.1, -0.05) is 13.3 Å². The van der Waals surface area contributed by atoms with Crippen LogP contribution in [0, 0.1) is 5.92 Å². The van der Waals surface area contributed by atoms with Crippen molar-refractivity contribution in [2.45, 2.75) is 37.8 Å². The molecule has 0 unspecified atom stereocenters. The van der Waals surface area contributed by atoms with Crippen LogP contribution in [0.15, 0.2) is 17.6 Å². The molecule has 3 rings (SSSR count). The predicted molar refractivity (Wildman–Crippen MR) is 81.3 cm³/mol. The second-order valence-corrected chi connectivity index (χ2v) is 7.27. The van der Waals surface area contributed by atoms with Gasteiger partial charge in [0.1, 0.15) is 6.33 Å². The van der Waals surface area contributed by atoms with Crippen LogP contribution in [0.1, 0.15) is 39.9 Å². The number of carbonyl (C=O) groups excluding carboxylic acids is 1. The lowest BCUT2D eigenvalue weighted by Crippen LogP contribution is -2.10. The minimum atomic E-state index is 0.0774. The molecule has 1 atom stereocenters. The Labute approximate surface area is 126 Å². The van der Waals surface area contributed by atoms with Gasteiger partial charge < -0.3 is 4.57 Å². The van der Waals surface area contributed by atoms with Crippen molar-refractivity contribution < 1.29 is 4.79 Å². The molecule has 1 aliphatic rings. The fourth-order valence-corrected chi connectivity index (χ4v) is 4.44. The molecule has 0 fully saturated rings. The Kier molecular flexibility index (Phi) is 3.94. The quantitative estimate of drug-likeness (QED) is 0.816. The highest BCUT2D eigenvalue weighted by Crippen LogP contribution is 2.35. The number of hydrogen-bond donors (Lipinski definition) is 0. The van der Waals surface area contributed by atoms with Crippen molar-refractivity contribution in [2.24, 2.45) is 13.0 Å². The maximum Gasteiger partial charge on any atom is 0.237 e. The number of fused-ring (bicyclic) bond motifs is 1. The summed E-state index contributed by atoms with van der Waals surface area (Å²) in [5, 5.41) is 8.47. The van der Waals surface area contributed by atoms with Gasteiger partial charge in [0.05, 0.1) is 4.88 Å². The average molecular weight is 307 g/mol. The second-order valence-electron chi connectivity index (χ2n) is 5.19. The van der Waals surface area contributed by atoms with Gasteiger partial charge in [-0.15, -0.1) is 21.5 Å². The van der Waals surface area contributed by atoms with Crippen molar-refractivity contribution in [1.82, 2.24) is 14.8 Å². The monoisotopic (exact) mass is 307 g/mol. The Bertz CT molecular complexity index is 632. The van der Waals surface area contributed by atoms with Crippen LogP contribution >= 0.6 is 23.1 Å². The molecule has 106 valence electrons. The predicted octanol–water partition coefficient (Wildman–Crippen LogP) is 3.32. The SMILES string of the molecule is CC[C@H]1CCc2sc(C(=O)Sc3nncn3C)cc2C1. The molecule has 0 aromatic carbocycles. The van der Waals surface area contributed by atoms with Crippen molar-refractivity contribution in [2.75, 3.05) is 0 Å². The standard InChI is InChI=1S/C14H17N3OS2/c1-3-9-4-5-11-10(6-9)7-12(19-11)13(18)20-14-16-15-8-17(14)2/h7-9H,3-6H2,1-2H3/t9-/m0/s1. The Hall–Kier alpha value is -1.14. The number of aryl methyl sites for hydroxylation is 2. The zero-order valence-corrected chi connectivity index (χ0v) is 13.3. The van der Waals surface area contributed by atoms with Crippen LogP contribution < -0.4 is 0 Å². The number of aromatic nitrogens is 3. The molecule has 0 radical (unpaired) electrons. The molecule has 20 heavy (non-hydrogen) atoms. The molecule has 2 aromatic rings. The third kappa shape index (κ3) is 2.67. The van der Waals surface area contributed by atoms with E-state index in [4.69, 9.17) is 0 Å². The lowest BCUT2D eigenvalue weighted by Gasteiger charge is -2.19. The minimum absolute atomic E-state index is 0.0774. The van der Waals surface area contributed by atoms with Crippen LogP contribution in [-0.4, -0.2) is 19.9 Å². The summed E-state index contributed by atoms with van der Waals surface area (Å²) in [5.74, 6) is 0.784. The normalized spacial score (nSPS) is 18.0. The second kappa shape index (κ2) is 5.69. The van der Waals surface area contributed by atoms with E-state index >= 15 is 0 Å². The van der Waals surface area contributed by atoms with Crippen molar-refractivity contribution in [3.05, 3.63) is 27.7 Å². The molecule has 0 bridgehead atoms. The first kappa shape index (κ1) is 13.8. The molecular weight excluding hydrogens is 290 g/mol. The van der Waals surface area contributed by atoms with Crippen LogP contribution in [0.3, 0.4) is 0 Å². The Balaban J connectivity index is 1.77. The minimum Gasteiger partial charge on any atom is -0.311 e. The molecule has 0 amide bonds. The van der Waals surface area contributed by atoms with E-state index in [-0.39, 0.29) is 5.12 Å². The average Bonchev–Trinajstić information content (AvgIpc) is 3.04. The third-order valence-corrected chi connectivity index (χ3v) is 6.14. The van der Waals surface area contributed by atoms with Gasteiger partial charge in [-0.3, -0.25) is 4.79 Å². The van der Waals surface area contributed by atoms with E-state index in [0.29, 0.717) is 5.16 Å². The smallest absolute Gasteiger partial charge is 0.237 e. The van der Waals surface area contributed by atoms with Crippen LogP contribution in [0.4, 0.5) is 0 Å². The maximum atomic E-state index is 12.3. The van der Waals surface area contributed by atoms with E-state index < -0.39 is 0 Å². The molecular formula is C14H17N3OS2. The van der Waals surface area contributed by atoms with E-state index in [0.717, 1.165) is 35.4 Å². The largest absolute Gasteiger partial charge is 0.311 e. The first-order valence-electron chi connectivity index (χ1n) is 6.85. The molecule has 0 N–H and O–H groups in total. The fourth-order valence-electron chi connectivity index (χ4n) is 2.55. The van der Waals surface area contributed by atoms with E-state index in [1.165, 1.54) is 23.3 Å². The first-order valence-corrected chi connectivity index (χ1v) is 8.48. The van der Waals surface area contributed by atoms with Gasteiger partial charge in [-0.05, 0) is 48.6 Å². The van der Waals surface area contributed by atoms with Crippen molar-refractivity contribution >= 4 is 28.2 Å². The number of carbonyl (C=O) groups is 1. The maximum absolute atomic E-state index is 12.3. The lowest BCUT2D eigenvalue weighted by atomic mass is 9.87. The number of rotatable bonds is 3. The first-order chi connectivity index (χ1) is 9.67. The van der Waals surface area contributed by atoms with E-state index in [2.05, 4.69) is 23.2 Å². The summed E-state index contributed by atoms with van der Waals surface area (Å²) in [6.45, 7) is 2.25. The van der Waals surface area contributed by atoms with E-state index in [1.54, 1.807) is 22.2 Å². The van der Waals surface area contributed by atoms with Crippen LogP contribution in [0.5, 0.6) is 0 Å². The summed E-state index contributed by atoms with van der Waals surface area (Å²) in [7, 11) is 1.85. The summed E-state index contributed by atoms with van der Waals surface area (Å²) in [5.41, 5.74) is 1.38. The molecule has 1 aliphatic carbocycles. The molecule has 6 heteroatoms. The Morgan fingerprint density at radius 1 is 1.60 bits per heavy atom. The summed E-state index contributed by atoms with van der Waals surface area (Å²) in [6, 6.07) is 2.09. The lowest BCUT2D eigenvalue weighted by molar-refractivity contribution is 0.109. The van der Waals surface area contributed by atoms with Gasteiger partial charge >= 0.3 is 0 Å². The molecule has 0 aliphatic heterocycles. The van der Waals surface area contributed by atoms with Gasteiger partial charge in [0.2, 0.25) is 5.12 Å². The molecule has 2 aromatic heterocycles. The number of thiophene rings is 1. The fraction of sp³-hybridized carbons (Fsp3) is 0.500. The highest BCUT2D eigenvalue weighted by atomic mass is 32.2. The van der Waals surface area contributed by atoms with Gasteiger partial charge in [0, 0.05) is 11.9 Å². The molecule has 0 saturated heterocycles. The molecule has 0 spiro atoms. The highest BCUT2D eigenvalue weighted by molar-refractivity contribution is 8.14. The van der Waals surface area contributed by atoms with Crippen LogP contribution in [0.25, 0.3) is 0 Å². The number of thioether (sulfide) groups is 1. The number of nitrogens with zero attached hydrogens (tertiary/aromatic N) is 3. The van der Waals surface area contributed by atoms with Crippen molar-refractivity contribution in [3.63, 3.8) is 0 Å².